The van der Waals surface area contributed by atoms with Crippen molar-refractivity contribution in [2.24, 2.45) is 0 Å². The number of carbonyl (C=O) groups is 1. The highest BCUT2D eigenvalue weighted by molar-refractivity contribution is 5.91. The molecule has 0 aliphatic carbocycles. The molecule has 0 atom stereocenters. The maximum Gasteiger partial charge on any atom is 0.273 e. The van der Waals surface area contributed by atoms with Crippen LogP contribution in [-0.4, -0.2) is 32.8 Å². The molecule has 7 heteroatoms. The van der Waals surface area contributed by atoms with E-state index in [4.69, 9.17) is 4.42 Å². The second kappa shape index (κ2) is 5.74. The fourth-order valence-corrected chi connectivity index (χ4v) is 2.03. The fraction of sp³-hybridized carbons (Fsp3) is 0.286. The van der Waals surface area contributed by atoms with Crippen LogP contribution in [0.5, 0.6) is 0 Å². The monoisotopic (exact) mass is 285 g/mol. The molecule has 1 aromatic carbocycles. The second-order valence-electron chi connectivity index (χ2n) is 4.79. The number of carbonyl (C=O) groups excluding carboxylic acids is 1. The molecule has 2 aromatic heterocycles. The summed E-state index contributed by atoms with van der Waals surface area (Å²) in [6.45, 7) is 2.55. The maximum absolute atomic E-state index is 11.6. The molecule has 3 rings (SSSR count). The number of fused-ring (bicyclic) bond motifs is 1. The summed E-state index contributed by atoms with van der Waals surface area (Å²) in [6, 6.07) is 5.93. The van der Waals surface area contributed by atoms with Crippen LogP contribution in [0, 0.1) is 6.92 Å². The van der Waals surface area contributed by atoms with Gasteiger partial charge < -0.3 is 9.73 Å². The van der Waals surface area contributed by atoms with E-state index in [2.05, 4.69) is 25.7 Å². The lowest BCUT2D eigenvalue weighted by Gasteiger charge is -2.00. The average Bonchev–Trinajstić information content (AvgIpc) is 3.11. The van der Waals surface area contributed by atoms with Crippen molar-refractivity contribution in [1.82, 2.24) is 25.7 Å². The van der Waals surface area contributed by atoms with Crippen molar-refractivity contribution >= 4 is 17.0 Å². The summed E-state index contributed by atoms with van der Waals surface area (Å²) >= 11 is 0. The number of hydrogen-bond donors (Lipinski definition) is 2. The lowest BCUT2D eigenvalue weighted by atomic mass is 10.2. The summed E-state index contributed by atoms with van der Waals surface area (Å²) in [5.74, 6) is 0.447. The summed E-state index contributed by atoms with van der Waals surface area (Å²) in [5, 5.41) is 12.5. The Morgan fingerprint density at radius 1 is 1.43 bits per heavy atom. The van der Waals surface area contributed by atoms with E-state index in [1.165, 1.54) is 6.20 Å². The van der Waals surface area contributed by atoms with Gasteiger partial charge in [0.15, 0.2) is 17.2 Å². The van der Waals surface area contributed by atoms with Crippen molar-refractivity contribution in [3.63, 3.8) is 0 Å². The molecular weight excluding hydrogens is 270 g/mol. The fourth-order valence-electron chi connectivity index (χ4n) is 2.03. The van der Waals surface area contributed by atoms with Crippen LogP contribution in [0.4, 0.5) is 0 Å². The number of oxazole rings is 1. The summed E-state index contributed by atoms with van der Waals surface area (Å²) in [4.78, 5) is 16.0. The number of nitrogens with one attached hydrogen (secondary N) is 2. The molecule has 0 bridgehead atoms. The van der Waals surface area contributed by atoms with Gasteiger partial charge in [-0.1, -0.05) is 6.07 Å². The zero-order valence-electron chi connectivity index (χ0n) is 11.6. The molecule has 0 radical (unpaired) electrons. The Kier molecular flexibility index (Phi) is 3.63. The van der Waals surface area contributed by atoms with Gasteiger partial charge in [0.2, 0.25) is 0 Å². The molecule has 0 fully saturated rings. The number of hydrogen-bond acceptors (Lipinski definition) is 5. The van der Waals surface area contributed by atoms with Crippen molar-refractivity contribution in [2.45, 2.75) is 19.8 Å². The minimum Gasteiger partial charge on any atom is -0.441 e. The van der Waals surface area contributed by atoms with E-state index < -0.39 is 0 Å². The minimum atomic E-state index is -0.239. The molecule has 0 spiro atoms. The minimum absolute atomic E-state index is 0.239. The van der Waals surface area contributed by atoms with Crippen molar-refractivity contribution in [3.05, 3.63) is 41.5 Å². The van der Waals surface area contributed by atoms with E-state index in [1.807, 2.05) is 25.1 Å². The van der Waals surface area contributed by atoms with E-state index >= 15 is 0 Å². The molecule has 0 aliphatic heterocycles. The van der Waals surface area contributed by atoms with Crippen LogP contribution in [0.25, 0.3) is 11.1 Å². The third-order valence-electron chi connectivity index (χ3n) is 3.09. The van der Waals surface area contributed by atoms with Gasteiger partial charge in [-0.05, 0) is 31.0 Å². The second-order valence-corrected chi connectivity index (χ2v) is 4.79. The van der Waals surface area contributed by atoms with Crippen LogP contribution in [-0.2, 0) is 6.42 Å². The van der Waals surface area contributed by atoms with Gasteiger partial charge in [-0.25, -0.2) is 4.98 Å². The first kappa shape index (κ1) is 13.3. The van der Waals surface area contributed by atoms with Crippen LogP contribution < -0.4 is 5.32 Å². The zero-order chi connectivity index (χ0) is 14.7. The van der Waals surface area contributed by atoms with Gasteiger partial charge in [0.05, 0.1) is 6.20 Å². The molecule has 2 heterocycles. The standard InChI is InChI=1S/C14H15N5O2/c1-9-4-5-10-12(7-9)21-13(17-10)3-2-6-15-14(20)11-8-16-19-18-11/h4-5,7-8H,2-3,6H2,1H3,(H,15,20)(H,16,18,19). The molecule has 0 saturated carbocycles. The Labute approximate surface area is 120 Å². The van der Waals surface area contributed by atoms with Crippen molar-refractivity contribution < 1.29 is 9.21 Å². The number of aromatic nitrogens is 4. The molecule has 0 aliphatic rings. The number of aryl methyl sites for hydroxylation is 2. The Morgan fingerprint density at radius 3 is 3.14 bits per heavy atom. The average molecular weight is 285 g/mol. The number of rotatable bonds is 5. The first-order chi connectivity index (χ1) is 10.2. The van der Waals surface area contributed by atoms with Gasteiger partial charge in [-0.15, -0.1) is 0 Å². The van der Waals surface area contributed by atoms with Gasteiger partial charge in [-0.3, -0.25) is 4.79 Å². The van der Waals surface area contributed by atoms with Crippen LogP contribution in [0.15, 0.2) is 28.8 Å². The molecule has 0 saturated heterocycles. The topological polar surface area (TPSA) is 96.7 Å². The molecule has 2 N–H and O–H groups in total. The number of benzene rings is 1. The van der Waals surface area contributed by atoms with E-state index in [-0.39, 0.29) is 11.6 Å². The third-order valence-corrected chi connectivity index (χ3v) is 3.09. The quantitative estimate of drug-likeness (QED) is 0.694. The SMILES string of the molecule is Cc1ccc2nc(CCCNC(=O)c3cn[nH]n3)oc2c1. The number of H-pyrrole nitrogens is 1. The van der Waals surface area contributed by atoms with Crippen LogP contribution >= 0.6 is 0 Å². The predicted molar refractivity (Wildman–Crippen MR) is 75.8 cm³/mol. The molecule has 7 nitrogen and oxygen atoms in total. The summed E-state index contributed by atoms with van der Waals surface area (Å²) in [5.41, 5.74) is 3.09. The largest absolute Gasteiger partial charge is 0.441 e. The predicted octanol–water partition coefficient (Wildman–Crippen LogP) is 1.62. The van der Waals surface area contributed by atoms with Gasteiger partial charge >= 0.3 is 0 Å². The van der Waals surface area contributed by atoms with Gasteiger partial charge in [0.1, 0.15) is 5.52 Å². The van der Waals surface area contributed by atoms with E-state index in [0.29, 0.717) is 18.9 Å². The molecule has 21 heavy (non-hydrogen) atoms. The molecular formula is C14H15N5O2. The molecule has 3 aromatic rings. The van der Waals surface area contributed by atoms with Crippen molar-refractivity contribution in [3.8, 4) is 0 Å². The first-order valence-corrected chi connectivity index (χ1v) is 6.72. The normalized spacial score (nSPS) is 10.9. The van der Waals surface area contributed by atoms with Crippen LogP contribution in [0.2, 0.25) is 0 Å². The lowest BCUT2D eigenvalue weighted by Crippen LogP contribution is -2.25. The number of amides is 1. The lowest BCUT2D eigenvalue weighted by molar-refractivity contribution is 0.0948. The van der Waals surface area contributed by atoms with E-state index in [0.717, 1.165) is 23.1 Å². The molecule has 108 valence electrons. The third kappa shape index (κ3) is 3.07. The van der Waals surface area contributed by atoms with Crippen LogP contribution in [0.1, 0.15) is 28.4 Å². The van der Waals surface area contributed by atoms with Crippen molar-refractivity contribution in [2.75, 3.05) is 6.54 Å². The van der Waals surface area contributed by atoms with Crippen LogP contribution in [0.3, 0.4) is 0 Å². The Morgan fingerprint density at radius 2 is 2.33 bits per heavy atom. The Hall–Kier alpha value is -2.70. The highest BCUT2D eigenvalue weighted by Gasteiger charge is 2.08. The maximum atomic E-state index is 11.6. The summed E-state index contributed by atoms with van der Waals surface area (Å²) in [6.07, 6.45) is 2.81. The summed E-state index contributed by atoms with van der Waals surface area (Å²) in [7, 11) is 0. The Balaban J connectivity index is 1.51. The highest BCUT2D eigenvalue weighted by atomic mass is 16.3. The zero-order valence-corrected chi connectivity index (χ0v) is 11.6. The number of nitrogens with zero attached hydrogens (tertiary/aromatic N) is 3. The Bertz CT molecular complexity index is 748. The van der Waals surface area contributed by atoms with E-state index in [1.54, 1.807) is 0 Å². The smallest absolute Gasteiger partial charge is 0.273 e. The van der Waals surface area contributed by atoms with Gasteiger partial charge in [0, 0.05) is 13.0 Å². The van der Waals surface area contributed by atoms with Crippen molar-refractivity contribution in [1.29, 1.82) is 0 Å². The first-order valence-electron chi connectivity index (χ1n) is 6.72. The highest BCUT2D eigenvalue weighted by Crippen LogP contribution is 2.17. The van der Waals surface area contributed by atoms with E-state index in [9.17, 15) is 4.79 Å². The van der Waals surface area contributed by atoms with Gasteiger partial charge in [-0.2, -0.15) is 15.4 Å². The summed E-state index contributed by atoms with van der Waals surface area (Å²) < 4.78 is 5.68. The van der Waals surface area contributed by atoms with Gasteiger partial charge in [0.25, 0.3) is 5.91 Å². The molecule has 0 unspecified atom stereocenters. The number of aromatic amines is 1. The molecule has 1 amide bonds.